The Morgan fingerprint density at radius 1 is 1.31 bits per heavy atom. The molecular weight excluding hydrogens is 200 g/mol. The molecule has 1 aromatic carbocycles. The number of rotatable bonds is 5. The van der Waals surface area contributed by atoms with E-state index in [2.05, 4.69) is 24.3 Å². The summed E-state index contributed by atoms with van der Waals surface area (Å²) in [6, 6.07) is 8.38. The van der Waals surface area contributed by atoms with Crippen molar-refractivity contribution < 1.29 is 9.53 Å². The van der Waals surface area contributed by atoms with Crippen molar-refractivity contribution in [3.63, 3.8) is 0 Å². The summed E-state index contributed by atoms with van der Waals surface area (Å²) < 4.78 is 4.96. The van der Waals surface area contributed by atoms with Crippen molar-refractivity contribution in [3.8, 4) is 0 Å². The Morgan fingerprint density at radius 2 is 1.94 bits per heavy atom. The lowest BCUT2D eigenvalue weighted by Crippen LogP contribution is -2.15. The highest BCUT2D eigenvalue weighted by Crippen LogP contribution is 2.27. The normalized spacial score (nSPS) is 15.1. The molecule has 1 aliphatic rings. The van der Waals surface area contributed by atoms with Crippen molar-refractivity contribution in [1.82, 2.24) is 0 Å². The molecule has 86 valence electrons. The highest BCUT2D eigenvalue weighted by Gasteiger charge is 2.26. The van der Waals surface area contributed by atoms with E-state index in [9.17, 15) is 4.79 Å². The molecule has 1 aliphatic carbocycles. The molecule has 0 spiro atoms. The van der Waals surface area contributed by atoms with Crippen LogP contribution in [0.2, 0.25) is 0 Å². The summed E-state index contributed by atoms with van der Waals surface area (Å²) in [5.41, 5.74) is 2.71. The minimum absolute atomic E-state index is 0.217. The molecule has 2 nitrogen and oxygen atoms in total. The summed E-state index contributed by atoms with van der Waals surface area (Å²) in [4.78, 5) is 11.9. The second-order valence-corrected chi connectivity index (χ2v) is 4.44. The van der Waals surface area contributed by atoms with Crippen LogP contribution in [-0.4, -0.2) is 19.5 Å². The first-order valence-corrected chi connectivity index (χ1v) is 5.89. The molecule has 0 aliphatic heterocycles. The Morgan fingerprint density at radius 3 is 2.50 bits per heavy atom. The van der Waals surface area contributed by atoms with Crippen molar-refractivity contribution in [1.29, 1.82) is 0 Å². The van der Waals surface area contributed by atoms with Gasteiger partial charge in [-0.1, -0.05) is 24.3 Å². The third-order valence-electron chi connectivity index (χ3n) is 3.28. The Kier molecular flexibility index (Phi) is 3.73. The van der Waals surface area contributed by atoms with E-state index in [0.717, 1.165) is 19.3 Å². The van der Waals surface area contributed by atoms with Crippen molar-refractivity contribution in [2.45, 2.75) is 25.7 Å². The molecule has 0 atom stereocenters. The highest BCUT2D eigenvalue weighted by atomic mass is 16.5. The Bertz CT molecular complexity index is 346. The molecule has 0 N–H and O–H groups in total. The lowest BCUT2D eigenvalue weighted by molar-refractivity contribution is -0.122. The van der Waals surface area contributed by atoms with E-state index in [-0.39, 0.29) is 5.92 Å². The smallest absolute Gasteiger partial charge is 0.136 e. The second-order valence-electron chi connectivity index (χ2n) is 4.44. The van der Waals surface area contributed by atoms with Crippen LogP contribution >= 0.6 is 0 Å². The summed E-state index contributed by atoms with van der Waals surface area (Å²) in [6.45, 7) is 0.686. The Balaban J connectivity index is 1.88. The zero-order valence-corrected chi connectivity index (χ0v) is 9.74. The fourth-order valence-corrected chi connectivity index (χ4v) is 2.38. The van der Waals surface area contributed by atoms with Gasteiger partial charge < -0.3 is 4.74 Å². The van der Waals surface area contributed by atoms with E-state index in [4.69, 9.17) is 4.74 Å². The molecule has 2 heteroatoms. The Labute approximate surface area is 96.6 Å². The maximum Gasteiger partial charge on any atom is 0.136 e. The first kappa shape index (κ1) is 11.3. The van der Waals surface area contributed by atoms with Gasteiger partial charge in [0.25, 0.3) is 0 Å². The monoisotopic (exact) mass is 218 g/mol. The molecule has 0 radical (unpaired) electrons. The minimum Gasteiger partial charge on any atom is -0.385 e. The predicted molar refractivity (Wildman–Crippen MR) is 63.5 cm³/mol. The summed E-state index contributed by atoms with van der Waals surface area (Å²) in [5.74, 6) is 0.613. The summed E-state index contributed by atoms with van der Waals surface area (Å²) in [7, 11) is 1.68. The molecule has 0 saturated carbocycles. The number of fused-ring (bicyclic) bond motifs is 1. The van der Waals surface area contributed by atoms with Crippen molar-refractivity contribution >= 4 is 5.78 Å². The van der Waals surface area contributed by atoms with Gasteiger partial charge in [0.05, 0.1) is 0 Å². The van der Waals surface area contributed by atoms with E-state index < -0.39 is 0 Å². The number of carbonyl (C=O) groups excluding carboxylic acids is 1. The van der Waals surface area contributed by atoms with E-state index in [1.165, 1.54) is 11.1 Å². The van der Waals surface area contributed by atoms with E-state index in [0.29, 0.717) is 18.8 Å². The number of methoxy groups -OCH3 is 1. The molecule has 0 unspecified atom stereocenters. The van der Waals surface area contributed by atoms with Crippen LogP contribution in [0.5, 0.6) is 0 Å². The first-order valence-electron chi connectivity index (χ1n) is 5.89. The number of Topliss-reactive ketones (excluding diaryl/α,β-unsaturated/α-hetero) is 1. The van der Waals surface area contributed by atoms with Gasteiger partial charge in [-0.05, 0) is 30.4 Å². The van der Waals surface area contributed by atoms with Crippen LogP contribution in [0.4, 0.5) is 0 Å². The molecular formula is C14H18O2. The van der Waals surface area contributed by atoms with Gasteiger partial charge in [0, 0.05) is 26.1 Å². The average molecular weight is 218 g/mol. The summed E-state index contributed by atoms with van der Waals surface area (Å²) in [6.07, 6.45) is 3.37. The summed E-state index contributed by atoms with van der Waals surface area (Å²) in [5, 5.41) is 0. The minimum atomic E-state index is 0.217. The van der Waals surface area contributed by atoms with E-state index in [1.54, 1.807) is 7.11 Å². The van der Waals surface area contributed by atoms with Gasteiger partial charge in [-0.2, -0.15) is 0 Å². The molecule has 0 fully saturated rings. The SMILES string of the molecule is COCCCC(=O)C1Cc2ccccc2C1. The van der Waals surface area contributed by atoms with Gasteiger partial charge >= 0.3 is 0 Å². The number of benzene rings is 1. The van der Waals surface area contributed by atoms with Crippen molar-refractivity contribution in [2.75, 3.05) is 13.7 Å². The van der Waals surface area contributed by atoms with Crippen LogP contribution < -0.4 is 0 Å². The molecule has 0 amide bonds. The predicted octanol–water partition coefficient (Wildman–Crippen LogP) is 2.40. The molecule has 0 bridgehead atoms. The fourth-order valence-electron chi connectivity index (χ4n) is 2.38. The second kappa shape index (κ2) is 5.26. The van der Waals surface area contributed by atoms with Gasteiger partial charge in [0.1, 0.15) is 5.78 Å². The first-order chi connectivity index (χ1) is 7.81. The maximum absolute atomic E-state index is 11.9. The number of ether oxygens (including phenoxy) is 1. The zero-order valence-electron chi connectivity index (χ0n) is 9.74. The van der Waals surface area contributed by atoms with Crippen LogP contribution in [0, 0.1) is 5.92 Å². The lowest BCUT2D eigenvalue weighted by atomic mass is 9.97. The summed E-state index contributed by atoms with van der Waals surface area (Å²) >= 11 is 0. The Hall–Kier alpha value is -1.15. The average Bonchev–Trinajstić information content (AvgIpc) is 2.73. The largest absolute Gasteiger partial charge is 0.385 e. The highest BCUT2D eigenvalue weighted by molar-refractivity contribution is 5.82. The van der Waals surface area contributed by atoms with Crippen LogP contribution in [-0.2, 0) is 22.4 Å². The standard InChI is InChI=1S/C14H18O2/c1-16-8-4-7-14(15)13-9-11-5-2-3-6-12(11)10-13/h2-3,5-6,13H,4,7-10H2,1H3. The maximum atomic E-state index is 11.9. The van der Waals surface area contributed by atoms with Gasteiger partial charge in [-0.25, -0.2) is 0 Å². The number of carbonyl (C=O) groups is 1. The molecule has 1 aromatic rings. The number of hydrogen-bond acceptors (Lipinski definition) is 2. The fraction of sp³-hybridized carbons (Fsp3) is 0.500. The van der Waals surface area contributed by atoms with Crippen LogP contribution in [0.25, 0.3) is 0 Å². The molecule has 0 heterocycles. The third-order valence-corrected chi connectivity index (χ3v) is 3.28. The van der Waals surface area contributed by atoms with Crippen molar-refractivity contribution in [3.05, 3.63) is 35.4 Å². The molecule has 0 saturated heterocycles. The number of ketones is 1. The van der Waals surface area contributed by atoms with E-state index in [1.807, 2.05) is 0 Å². The number of hydrogen-bond donors (Lipinski definition) is 0. The van der Waals surface area contributed by atoms with Crippen LogP contribution in [0.3, 0.4) is 0 Å². The van der Waals surface area contributed by atoms with Gasteiger partial charge in [0.2, 0.25) is 0 Å². The zero-order chi connectivity index (χ0) is 11.4. The lowest BCUT2D eigenvalue weighted by Gasteiger charge is -2.07. The molecule has 0 aromatic heterocycles. The molecule has 16 heavy (non-hydrogen) atoms. The van der Waals surface area contributed by atoms with E-state index >= 15 is 0 Å². The van der Waals surface area contributed by atoms with Crippen LogP contribution in [0.15, 0.2) is 24.3 Å². The third kappa shape index (κ3) is 2.50. The quantitative estimate of drug-likeness (QED) is 0.709. The van der Waals surface area contributed by atoms with Crippen molar-refractivity contribution in [2.24, 2.45) is 5.92 Å². The topological polar surface area (TPSA) is 26.3 Å². The van der Waals surface area contributed by atoms with Gasteiger partial charge in [-0.3, -0.25) is 4.79 Å². The van der Waals surface area contributed by atoms with Crippen LogP contribution in [0.1, 0.15) is 24.0 Å². The molecule has 2 rings (SSSR count). The van der Waals surface area contributed by atoms with Gasteiger partial charge in [0.15, 0.2) is 0 Å². The van der Waals surface area contributed by atoms with Gasteiger partial charge in [-0.15, -0.1) is 0 Å².